The standard InChI is InChI=1S/C67H121N2O7P/c1-7-10-13-16-19-22-25-28-30-32-33-34-35-36-37-38-40-42-45-48-51-54-57-60-67(71)76-65(58-55-52-49-46-43-27-24-21-18-15-12-9-3)64(63-75-77(72,73)74-62-61-69(4,5)6)68-66(70)59-56-53-50-47-44-41-39-31-29-26-23-20-17-14-11-8-2/h11,14,19-20,22-23,28-31,33-34,55,58,64-65H,7-10,12-13,15-18,21,24-27,32,35-54,56-57,59-63H2,1-6H3,(H-,68,70,72,73)/b14-11+,22-19-,23-20+,30-28-,31-29+,34-33-,58-55-. The minimum atomic E-state index is -4.71. The van der Waals surface area contributed by atoms with Crippen LogP contribution in [-0.2, 0) is 27.9 Å². The summed E-state index contributed by atoms with van der Waals surface area (Å²) in [5.41, 5.74) is 0. The molecule has 0 aliphatic carbocycles. The smallest absolute Gasteiger partial charge is 0.306 e. The molecule has 1 N–H and O–H groups in total. The van der Waals surface area contributed by atoms with Gasteiger partial charge >= 0.3 is 5.97 Å². The Balaban J connectivity index is 5.20. The molecule has 0 aromatic carbocycles. The van der Waals surface area contributed by atoms with E-state index in [1.807, 2.05) is 33.3 Å². The zero-order valence-electron chi connectivity index (χ0n) is 50.9. The number of ether oxygens (including phenoxy) is 1. The summed E-state index contributed by atoms with van der Waals surface area (Å²) in [5, 5.41) is 3.02. The van der Waals surface area contributed by atoms with E-state index in [1.54, 1.807) is 0 Å². The number of likely N-dealkylation sites (N-methyl/N-ethyl adjacent to an activating group) is 1. The average molecular weight is 1100 g/mol. The Bertz CT molecular complexity index is 1590. The van der Waals surface area contributed by atoms with Gasteiger partial charge in [-0.1, -0.05) is 247 Å². The first kappa shape index (κ1) is 74.2. The van der Waals surface area contributed by atoms with Gasteiger partial charge in [-0.05, 0) is 102 Å². The van der Waals surface area contributed by atoms with E-state index in [1.165, 1.54) is 116 Å². The van der Waals surface area contributed by atoms with Gasteiger partial charge < -0.3 is 28.5 Å². The van der Waals surface area contributed by atoms with Crippen molar-refractivity contribution >= 4 is 19.7 Å². The number of carbonyl (C=O) groups excluding carboxylic acids is 2. The van der Waals surface area contributed by atoms with Crippen LogP contribution in [0.3, 0.4) is 0 Å². The zero-order chi connectivity index (χ0) is 56.4. The van der Waals surface area contributed by atoms with Gasteiger partial charge in [-0.2, -0.15) is 0 Å². The predicted octanol–water partition coefficient (Wildman–Crippen LogP) is 19.1. The molecule has 10 heteroatoms. The van der Waals surface area contributed by atoms with Crippen molar-refractivity contribution in [3.05, 3.63) is 85.1 Å². The van der Waals surface area contributed by atoms with Crippen molar-refractivity contribution in [2.75, 3.05) is 40.9 Å². The second kappa shape index (κ2) is 56.5. The fraction of sp³-hybridized carbons (Fsp3) is 0.761. The van der Waals surface area contributed by atoms with Crippen molar-refractivity contribution < 1.29 is 37.3 Å². The number of phosphoric ester groups is 1. The van der Waals surface area contributed by atoms with Gasteiger partial charge in [-0.15, -0.1) is 0 Å². The molecule has 0 fully saturated rings. The van der Waals surface area contributed by atoms with E-state index < -0.39 is 26.6 Å². The molecule has 3 unspecified atom stereocenters. The summed E-state index contributed by atoms with van der Waals surface area (Å²) < 4.78 is 30.3. The highest BCUT2D eigenvalue weighted by atomic mass is 31.2. The monoisotopic (exact) mass is 1100 g/mol. The van der Waals surface area contributed by atoms with Crippen LogP contribution in [0.5, 0.6) is 0 Å². The van der Waals surface area contributed by atoms with E-state index in [9.17, 15) is 19.0 Å². The molecular weight excluding hydrogens is 976 g/mol. The summed E-state index contributed by atoms with van der Waals surface area (Å²) >= 11 is 0. The molecule has 0 spiro atoms. The van der Waals surface area contributed by atoms with Crippen molar-refractivity contribution in [3.8, 4) is 0 Å². The lowest BCUT2D eigenvalue weighted by Crippen LogP contribution is -2.47. The molecule has 0 aliphatic rings. The predicted molar refractivity (Wildman–Crippen MR) is 330 cm³/mol. The van der Waals surface area contributed by atoms with Crippen LogP contribution in [0, 0.1) is 0 Å². The van der Waals surface area contributed by atoms with Gasteiger partial charge in [0.2, 0.25) is 5.91 Å². The Hall–Kier alpha value is -2.81. The third-order valence-corrected chi connectivity index (χ3v) is 14.8. The van der Waals surface area contributed by atoms with Crippen molar-refractivity contribution in [2.24, 2.45) is 0 Å². The number of hydrogen-bond donors (Lipinski definition) is 1. The average Bonchev–Trinajstić information content (AvgIpc) is 3.39. The normalized spacial score (nSPS) is 14.2. The summed E-state index contributed by atoms with van der Waals surface area (Å²) in [5.74, 6) is -0.560. The highest BCUT2D eigenvalue weighted by Gasteiger charge is 2.27. The van der Waals surface area contributed by atoms with Gasteiger partial charge in [0.05, 0.1) is 33.8 Å². The van der Waals surface area contributed by atoms with Gasteiger partial charge in [0, 0.05) is 12.8 Å². The van der Waals surface area contributed by atoms with E-state index >= 15 is 0 Å². The second-order valence-electron chi connectivity index (χ2n) is 22.5. The third kappa shape index (κ3) is 57.7. The molecule has 1 amide bonds. The first-order chi connectivity index (χ1) is 37.4. The number of hydrogen-bond acceptors (Lipinski definition) is 7. The Labute approximate surface area is 476 Å². The van der Waals surface area contributed by atoms with Crippen molar-refractivity contribution in [1.29, 1.82) is 0 Å². The summed E-state index contributed by atoms with van der Waals surface area (Å²) in [7, 11) is 1.17. The molecule has 0 saturated heterocycles. The number of unbranched alkanes of at least 4 members (excludes halogenated alkanes) is 29. The Morgan fingerprint density at radius 1 is 0.468 bits per heavy atom. The maximum atomic E-state index is 13.5. The molecule has 0 rings (SSSR count). The number of phosphoric acid groups is 1. The van der Waals surface area contributed by atoms with Gasteiger partial charge in [0.25, 0.3) is 7.82 Å². The molecule has 77 heavy (non-hydrogen) atoms. The molecule has 0 saturated carbocycles. The van der Waals surface area contributed by atoms with Crippen molar-refractivity contribution in [2.45, 2.75) is 290 Å². The van der Waals surface area contributed by atoms with E-state index in [4.69, 9.17) is 13.8 Å². The number of nitrogens with zero attached hydrogens (tertiary/aromatic N) is 1. The number of esters is 1. The fourth-order valence-electron chi connectivity index (χ4n) is 8.90. The quantitative estimate of drug-likeness (QED) is 0.0212. The molecule has 3 atom stereocenters. The molecule has 0 bridgehead atoms. The van der Waals surface area contributed by atoms with Crippen LogP contribution in [0.25, 0.3) is 0 Å². The van der Waals surface area contributed by atoms with Gasteiger partial charge in [0.1, 0.15) is 19.3 Å². The lowest BCUT2D eigenvalue weighted by Gasteiger charge is -2.30. The van der Waals surface area contributed by atoms with E-state index in [-0.39, 0.29) is 24.9 Å². The Morgan fingerprint density at radius 3 is 1.27 bits per heavy atom. The first-order valence-electron chi connectivity index (χ1n) is 31.9. The van der Waals surface area contributed by atoms with Crippen LogP contribution < -0.4 is 10.2 Å². The molecule has 9 nitrogen and oxygen atoms in total. The van der Waals surface area contributed by atoms with Crippen LogP contribution in [0.15, 0.2) is 85.1 Å². The molecule has 0 aromatic heterocycles. The van der Waals surface area contributed by atoms with E-state index in [0.29, 0.717) is 17.4 Å². The Kier molecular flexibility index (Phi) is 54.4. The Morgan fingerprint density at radius 2 is 0.831 bits per heavy atom. The number of rotatable bonds is 57. The van der Waals surface area contributed by atoms with Crippen LogP contribution in [0.2, 0.25) is 0 Å². The van der Waals surface area contributed by atoms with Crippen molar-refractivity contribution in [3.63, 3.8) is 0 Å². The minimum Gasteiger partial charge on any atom is -0.756 e. The molecule has 0 aliphatic heterocycles. The van der Waals surface area contributed by atoms with Crippen molar-refractivity contribution in [1.82, 2.24) is 5.32 Å². The SMILES string of the molecule is CC/C=C/C/C=C/C/C=C/CCCCCCCCC(=O)NC(COP(=O)([O-])OCC[N+](C)(C)C)C(/C=C\CCCCCCCCCCCC)OC(=O)CCCCCCCCCCCC/C=C\C/C=C\C/C=C\CCCCC. The maximum Gasteiger partial charge on any atom is 0.306 e. The molecule has 0 heterocycles. The lowest BCUT2D eigenvalue weighted by atomic mass is 10.0. The largest absolute Gasteiger partial charge is 0.756 e. The van der Waals surface area contributed by atoms with E-state index in [0.717, 1.165) is 128 Å². The summed E-state index contributed by atoms with van der Waals surface area (Å²) in [6, 6.07) is -0.901. The molecular formula is C67H121N2O7P. The van der Waals surface area contributed by atoms with Crippen LogP contribution in [0.4, 0.5) is 0 Å². The van der Waals surface area contributed by atoms with Crippen LogP contribution in [0.1, 0.15) is 278 Å². The summed E-state index contributed by atoms with van der Waals surface area (Å²) in [4.78, 5) is 40.0. The first-order valence-corrected chi connectivity index (χ1v) is 33.4. The fourth-order valence-corrected chi connectivity index (χ4v) is 9.62. The van der Waals surface area contributed by atoms with Gasteiger partial charge in [-0.25, -0.2) is 0 Å². The number of quaternary nitrogens is 1. The second-order valence-corrected chi connectivity index (χ2v) is 23.9. The lowest BCUT2D eigenvalue weighted by molar-refractivity contribution is -0.870. The number of carbonyl (C=O) groups is 2. The van der Waals surface area contributed by atoms with E-state index in [2.05, 4.69) is 99.0 Å². The number of amides is 1. The van der Waals surface area contributed by atoms with Gasteiger partial charge in [0.15, 0.2) is 0 Å². The van der Waals surface area contributed by atoms with Gasteiger partial charge in [-0.3, -0.25) is 14.2 Å². The highest BCUT2D eigenvalue weighted by molar-refractivity contribution is 7.45. The van der Waals surface area contributed by atoms with Crippen LogP contribution in [-0.4, -0.2) is 69.4 Å². The number of allylic oxidation sites excluding steroid dienone is 13. The van der Waals surface area contributed by atoms with Crippen LogP contribution >= 0.6 is 7.82 Å². The molecule has 0 aromatic rings. The molecule has 446 valence electrons. The minimum absolute atomic E-state index is 0.0288. The highest BCUT2D eigenvalue weighted by Crippen LogP contribution is 2.38. The molecule has 0 radical (unpaired) electrons. The topological polar surface area (TPSA) is 114 Å². The maximum absolute atomic E-state index is 13.5. The zero-order valence-corrected chi connectivity index (χ0v) is 51.8. The third-order valence-electron chi connectivity index (χ3n) is 13.8. The summed E-state index contributed by atoms with van der Waals surface area (Å²) in [6.07, 6.45) is 74.0. The summed E-state index contributed by atoms with van der Waals surface area (Å²) in [6.45, 7) is 6.70. The number of nitrogens with one attached hydrogen (secondary N) is 1.